The van der Waals surface area contributed by atoms with E-state index in [0.717, 1.165) is 11.3 Å². The van der Waals surface area contributed by atoms with Gasteiger partial charge in [0.05, 0.1) is 28.8 Å². The quantitative estimate of drug-likeness (QED) is 0.340. The molecule has 0 aromatic heterocycles. The highest BCUT2D eigenvalue weighted by Gasteiger charge is 2.33. The molecule has 2 aromatic carbocycles. The van der Waals surface area contributed by atoms with Gasteiger partial charge in [-0.15, -0.1) is 0 Å². The van der Waals surface area contributed by atoms with Crippen LogP contribution >= 0.6 is 23.4 Å². The van der Waals surface area contributed by atoms with Crippen molar-refractivity contribution in [2.45, 2.75) is 26.4 Å². The van der Waals surface area contributed by atoms with E-state index in [4.69, 9.17) is 30.8 Å². The molecule has 32 heavy (non-hydrogen) atoms. The predicted molar refractivity (Wildman–Crippen MR) is 131 cm³/mol. The number of halogens is 1. The average molecular weight is 475 g/mol. The Kier molecular flexibility index (Phi) is 8.61. The molecular formula is C24H27ClN2O4S. The van der Waals surface area contributed by atoms with E-state index in [1.165, 1.54) is 11.8 Å². The highest BCUT2D eigenvalue weighted by Crippen LogP contribution is 2.39. The Labute approximate surface area is 198 Å². The van der Waals surface area contributed by atoms with Crippen molar-refractivity contribution in [1.82, 2.24) is 4.90 Å². The second kappa shape index (κ2) is 11.4. The number of amides is 1. The Morgan fingerprint density at radius 3 is 2.59 bits per heavy atom. The summed E-state index contributed by atoms with van der Waals surface area (Å²) in [6.07, 6.45) is 2.47. The number of aliphatic imine (C=N–C) groups is 1. The van der Waals surface area contributed by atoms with Gasteiger partial charge in [0, 0.05) is 20.3 Å². The van der Waals surface area contributed by atoms with Crippen LogP contribution in [0.5, 0.6) is 11.5 Å². The van der Waals surface area contributed by atoms with Gasteiger partial charge in [-0.1, -0.05) is 29.8 Å². The van der Waals surface area contributed by atoms with E-state index in [0.29, 0.717) is 46.2 Å². The van der Waals surface area contributed by atoms with E-state index in [9.17, 15) is 4.79 Å². The Balaban J connectivity index is 1.94. The van der Waals surface area contributed by atoms with Crippen LogP contribution in [0.25, 0.3) is 6.08 Å². The topological polar surface area (TPSA) is 60.4 Å². The monoisotopic (exact) mass is 474 g/mol. The van der Waals surface area contributed by atoms with Gasteiger partial charge in [-0.2, -0.15) is 0 Å². The summed E-state index contributed by atoms with van der Waals surface area (Å²) in [5, 5.41) is 1.07. The smallest absolute Gasteiger partial charge is 0.266 e. The molecule has 0 atom stereocenters. The van der Waals surface area contributed by atoms with Gasteiger partial charge in [-0.3, -0.25) is 9.69 Å². The third-order valence-corrected chi connectivity index (χ3v) is 5.79. The number of benzene rings is 2. The van der Waals surface area contributed by atoms with Crippen LogP contribution in [-0.2, 0) is 9.53 Å². The summed E-state index contributed by atoms with van der Waals surface area (Å²) in [7, 11) is 3.21. The van der Waals surface area contributed by atoms with E-state index in [2.05, 4.69) is 0 Å². The van der Waals surface area contributed by atoms with Gasteiger partial charge in [-0.05, 0) is 67.9 Å². The predicted octanol–water partition coefficient (Wildman–Crippen LogP) is 5.78. The molecule has 6 nitrogen and oxygen atoms in total. The highest BCUT2D eigenvalue weighted by molar-refractivity contribution is 8.18. The fourth-order valence-electron chi connectivity index (χ4n) is 3.09. The lowest BCUT2D eigenvalue weighted by Gasteiger charge is -2.16. The minimum Gasteiger partial charge on any atom is -0.493 e. The number of carbonyl (C=O) groups is 1. The minimum absolute atomic E-state index is 0.0463. The second-order valence-corrected chi connectivity index (χ2v) is 8.76. The zero-order valence-electron chi connectivity index (χ0n) is 18.6. The summed E-state index contributed by atoms with van der Waals surface area (Å²) >= 11 is 7.79. The van der Waals surface area contributed by atoms with E-state index in [1.54, 1.807) is 31.3 Å². The maximum Gasteiger partial charge on any atom is 0.266 e. The second-order valence-electron chi connectivity index (χ2n) is 7.34. The SMILES string of the molecule is COCCCN1C(=O)/C(=C/c2cc(Cl)c(OC(C)C)c(OC)c2)SC1=Nc1ccccc1. The Bertz CT molecular complexity index is 1010. The first-order valence-corrected chi connectivity index (χ1v) is 11.5. The molecule has 8 heteroatoms. The zero-order valence-corrected chi connectivity index (χ0v) is 20.2. The largest absolute Gasteiger partial charge is 0.493 e. The number of para-hydroxylation sites is 1. The number of ether oxygens (including phenoxy) is 3. The molecule has 1 saturated heterocycles. The molecule has 3 rings (SSSR count). The molecule has 0 unspecified atom stereocenters. The van der Waals surface area contributed by atoms with Crippen molar-refractivity contribution in [3.05, 3.63) is 58.0 Å². The van der Waals surface area contributed by atoms with E-state index in [1.807, 2.05) is 50.2 Å². The summed E-state index contributed by atoms with van der Waals surface area (Å²) in [6, 6.07) is 13.2. The molecule has 1 fully saturated rings. The van der Waals surface area contributed by atoms with Crippen LogP contribution in [0.15, 0.2) is 52.4 Å². The highest BCUT2D eigenvalue weighted by atomic mass is 35.5. The molecule has 0 N–H and O–H groups in total. The van der Waals surface area contributed by atoms with Gasteiger partial charge in [0.2, 0.25) is 0 Å². The van der Waals surface area contributed by atoms with Crippen molar-refractivity contribution in [2.75, 3.05) is 27.4 Å². The van der Waals surface area contributed by atoms with Crippen LogP contribution in [-0.4, -0.2) is 49.4 Å². The molecule has 1 heterocycles. The van der Waals surface area contributed by atoms with Crippen molar-refractivity contribution >= 4 is 46.2 Å². The lowest BCUT2D eigenvalue weighted by Crippen LogP contribution is -2.30. The first-order chi connectivity index (χ1) is 15.4. The number of hydrogen-bond acceptors (Lipinski definition) is 6. The van der Waals surface area contributed by atoms with Crippen molar-refractivity contribution in [3.63, 3.8) is 0 Å². The Morgan fingerprint density at radius 2 is 1.94 bits per heavy atom. The van der Waals surface area contributed by atoms with Gasteiger partial charge >= 0.3 is 0 Å². The van der Waals surface area contributed by atoms with Crippen molar-refractivity contribution in [1.29, 1.82) is 0 Å². The standard InChI is InChI=1S/C24H27ClN2O4S/c1-16(2)31-22-19(25)13-17(14-20(22)30-4)15-21-23(28)27(11-8-12-29-3)24(32-21)26-18-9-6-5-7-10-18/h5-7,9-10,13-16H,8,11-12H2,1-4H3/b21-15-,26-24?. The molecule has 1 amide bonds. The number of nitrogens with zero attached hydrogens (tertiary/aromatic N) is 2. The molecule has 0 bridgehead atoms. The Hall–Kier alpha value is -2.48. The van der Waals surface area contributed by atoms with E-state index < -0.39 is 0 Å². The van der Waals surface area contributed by atoms with Gasteiger partial charge in [-0.25, -0.2) is 4.99 Å². The lowest BCUT2D eigenvalue weighted by molar-refractivity contribution is -0.122. The number of amidine groups is 1. The van der Waals surface area contributed by atoms with Gasteiger partial charge in [0.1, 0.15) is 0 Å². The lowest BCUT2D eigenvalue weighted by atomic mass is 10.1. The van der Waals surface area contributed by atoms with Crippen molar-refractivity contribution in [3.8, 4) is 11.5 Å². The third-order valence-electron chi connectivity index (χ3n) is 4.50. The molecule has 0 saturated carbocycles. The molecule has 1 aliphatic rings. The summed E-state index contributed by atoms with van der Waals surface area (Å²) in [4.78, 5) is 20.1. The summed E-state index contributed by atoms with van der Waals surface area (Å²) in [5.74, 6) is 0.909. The number of thioether (sulfide) groups is 1. The average Bonchev–Trinajstić information content (AvgIpc) is 3.04. The maximum absolute atomic E-state index is 13.2. The van der Waals surface area contributed by atoms with Crippen LogP contribution in [0.4, 0.5) is 5.69 Å². The molecule has 170 valence electrons. The minimum atomic E-state index is -0.0987. The summed E-state index contributed by atoms with van der Waals surface area (Å²) in [5.41, 5.74) is 1.54. The van der Waals surface area contributed by atoms with Crippen LogP contribution in [0.2, 0.25) is 5.02 Å². The molecule has 0 spiro atoms. The number of rotatable bonds is 9. The van der Waals surface area contributed by atoms with E-state index >= 15 is 0 Å². The Morgan fingerprint density at radius 1 is 1.19 bits per heavy atom. The molecule has 0 radical (unpaired) electrons. The number of methoxy groups -OCH3 is 2. The van der Waals surface area contributed by atoms with Crippen LogP contribution in [0.1, 0.15) is 25.8 Å². The van der Waals surface area contributed by atoms with Gasteiger partial charge in [0.25, 0.3) is 5.91 Å². The summed E-state index contributed by atoms with van der Waals surface area (Å²) < 4.78 is 16.4. The van der Waals surface area contributed by atoms with Gasteiger partial charge < -0.3 is 14.2 Å². The summed E-state index contributed by atoms with van der Waals surface area (Å²) in [6.45, 7) is 4.93. The maximum atomic E-state index is 13.2. The van der Waals surface area contributed by atoms with Crippen LogP contribution in [0, 0.1) is 0 Å². The van der Waals surface area contributed by atoms with Crippen LogP contribution < -0.4 is 9.47 Å². The van der Waals surface area contributed by atoms with E-state index in [-0.39, 0.29) is 12.0 Å². The van der Waals surface area contributed by atoms with Crippen LogP contribution in [0.3, 0.4) is 0 Å². The zero-order chi connectivity index (χ0) is 23.1. The van der Waals surface area contributed by atoms with Crippen molar-refractivity contribution < 1.29 is 19.0 Å². The first-order valence-electron chi connectivity index (χ1n) is 10.3. The van der Waals surface area contributed by atoms with Crippen molar-refractivity contribution in [2.24, 2.45) is 4.99 Å². The third kappa shape index (κ3) is 6.06. The molecular weight excluding hydrogens is 448 g/mol. The number of hydrogen-bond donors (Lipinski definition) is 0. The fourth-order valence-corrected chi connectivity index (χ4v) is 4.38. The molecule has 0 aliphatic carbocycles. The normalized spacial score (nSPS) is 16.4. The number of carbonyl (C=O) groups excluding carboxylic acids is 1. The molecule has 1 aliphatic heterocycles. The first kappa shape index (κ1) is 24.2. The molecule has 2 aromatic rings. The van der Waals surface area contributed by atoms with Gasteiger partial charge in [0.15, 0.2) is 16.7 Å². The fraction of sp³-hybridized carbons (Fsp3) is 0.333.